The number of aromatic nitrogens is 2. The minimum Gasteiger partial charge on any atom is -0.480 e. The maximum atomic E-state index is 14.2. The number of nitrogens with zero attached hydrogens (tertiary/aromatic N) is 3. The third-order valence-electron chi connectivity index (χ3n) is 10.2. The molecule has 7 rings (SSSR count). The van der Waals surface area contributed by atoms with Crippen molar-refractivity contribution in [3.63, 3.8) is 0 Å². The van der Waals surface area contributed by atoms with Crippen LogP contribution in [0.15, 0.2) is 138 Å². The van der Waals surface area contributed by atoms with Crippen LogP contribution in [0.5, 0.6) is 0 Å². The van der Waals surface area contributed by atoms with Crippen LogP contribution in [0.25, 0.3) is 16.7 Å². The molecule has 2 N–H and O–H groups in total. The molecule has 50 heavy (non-hydrogen) atoms. The summed E-state index contributed by atoms with van der Waals surface area (Å²) in [4.78, 5) is 29.8. The highest BCUT2D eigenvalue weighted by atomic mass is 35.5. The normalized spacial score (nSPS) is 15.6. The third kappa shape index (κ3) is 6.06. The first-order valence-corrected chi connectivity index (χ1v) is 17.5. The van der Waals surface area contributed by atoms with Gasteiger partial charge in [0.15, 0.2) is 0 Å². The van der Waals surface area contributed by atoms with Crippen molar-refractivity contribution >= 4 is 28.6 Å². The predicted octanol–water partition coefficient (Wildman–Crippen LogP) is 7.68. The summed E-state index contributed by atoms with van der Waals surface area (Å²) in [6, 6.07) is 43.3. The van der Waals surface area contributed by atoms with E-state index in [1.807, 2.05) is 138 Å². The molecule has 7 nitrogen and oxygen atoms in total. The molecule has 2 heterocycles. The highest BCUT2D eigenvalue weighted by Gasteiger charge is 2.45. The number of hydrogen-bond donors (Lipinski definition) is 2. The second kappa shape index (κ2) is 13.8. The van der Waals surface area contributed by atoms with Gasteiger partial charge in [0.1, 0.15) is 5.54 Å². The van der Waals surface area contributed by atoms with Gasteiger partial charge in [0, 0.05) is 12.5 Å². The predicted molar refractivity (Wildman–Crippen MR) is 200 cm³/mol. The molecule has 1 aromatic heterocycles. The molecule has 254 valence electrons. The van der Waals surface area contributed by atoms with Crippen LogP contribution >= 0.6 is 11.6 Å². The molecule has 1 aliphatic heterocycles. The van der Waals surface area contributed by atoms with E-state index in [1.54, 1.807) is 11.5 Å². The number of piperidine rings is 1. The van der Waals surface area contributed by atoms with E-state index < -0.39 is 17.0 Å². The number of likely N-dealkylation sites (tertiary alicyclic amines) is 1. The summed E-state index contributed by atoms with van der Waals surface area (Å²) in [7, 11) is 2.11. The number of carboxylic acid groups (broad SMARTS) is 1. The van der Waals surface area contributed by atoms with Crippen LogP contribution in [0.2, 0.25) is 5.02 Å². The summed E-state index contributed by atoms with van der Waals surface area (Å²) < 4.78 is 3.60. The number of fused-ring (bicyclic) bond motifs is 1. The number of nitrogens with one attached hydrogen (secondary N) is 1. The highest BCUT2D eigenvalue weighted by molar-refractivity contribution is 6.35. The van der Waals surface area contributed by atoms with E-state index >= 15 is 0 Å². The van der Waals surface area contributed by atoms with Gasteiger partial charge in [-0.1, -0.05) is 121 Å². The molecule has 1 unspecified atom stereocenters. The molecule has 0 amide bonds. The summed E-state index contributed by atoms with van der Waals surface area (Å²) in [5.74, 6) is -0.974. The zero-order valence-electron chi connectivity index (χ0n) is 28.3. The summed E-state index contributed by atoms with van der Waals surface area (Å²) in [6.45, 7) is 3.59. The third-order valence-corrected chi connectivity index (χ3v) is 10.5. The summed E-state index contributed by atoms with van der Waals surface area (Å²) in [5, 5.41) is 15.1. The van der Waals surface area contributed by atoms with E-state index in [9.17, 15) is 14.7 Å². The molecular weight excluding hydrogens is 644 g/mol. The van der Waals surface area contributed by atoms with Gasteiger partial charge in [-0.05, 0) is 86.4 Å². The Bertz CT molecular complexity index is 2060. The lowest BCUT2D eigenvalue weighted by Gasteiger charge is -2.43. The lowest BCUT2D eigenvalue weighted by atomic mass is 9.74. The van der Waals surface area contributed by atoms with Gasteiger partial charge in [0.2, 0.25) is 0 Å². The second-order valence-corrected chi connectivity index (χ2v) is 14.0. The van der Waals surface area contributed by atoms with E-state index in [0.29, 0.717) is 16.2 Å². The Hall–Kier alpha value is -4.95. The van der Waals surface area contributed by atoms with Gasteiger partial charge < -0.3 is 10.0 Å². The van der Waals surface area contributed by atoms with Crippen molar-refractivity contribution in [1.82, 2.24) is 19.4 Å². The number of benzene rings is 5. The number of rotatable bonds is 10. The minimum absolute atomic E-state index is 0.0849. The average molecular weight is 685 g/mol. The van der Waals surface area contributed by atoms with E-state index in [2.05, 4.69) is 17.3 Å². The van der Waals surface area contributed by atoms with Gasteiger partial charge >= 0.3 is 11.7 Å². The van der Waals surface area contributed by atoms with Crippen LogP contribution in [-0.4, -0.2) is 50.8 Å². The fraction of sp³-hybridized carbons (Fsp3) is 0.238. The number of hydrogen-bond acceptors (Lipinski definition) is 4. The van der Waals surface area contributed by atoms with Crippen molar-refractivity contribution < 1.29 is 9.90 Å². The second-order valence-electron chi connectivity index (χ2n) is 13.6. The molecule has 1 fully saturated rings. The van der Waals surface area contributed by atoms with Crippen molar-refractivity contribution in [2.75, 3.05) is 20.1 Å². The van der Waals surface area contributed by atoms with Gasteiger partial charge in [-0.3, -0.25) is 19.2 Å². The molecule has 0 aliphatic carbocycles. The molecule has 0 saturated carbocycles. The SMILES string of the molecule is CN1CCC(n2c(=O)n(-c3ccc(CC(C)(NC(c4ccccc4)(c4ccccc4)c4ccccc4)C(=O)O)cc3)c3c(Cl)cccc32)CC1. The van der Waals surface area contributed by atoms with Crippen LogP contribution in [0.3, 0.4) is 0 Å². The molecule has 0 bridgehead atoms. The largest absolute Gasteiger partial charge is 0.480 e. The van der Waals surface area contributed by atoms with Crippen LogP contribution < -0.4 is 11.0 Å². The first kappa shape index (κ1) is 33.5. The molecule has 8 heteroatoms. The lowest BCUT2D eigenvalue weighted by molar-refractivity contribution is -0.144. The van der Waals surface area contributed by atoms with E-state index in [1.165, 1.54) is 0 Å². The number of halogens is 1. The van der Waals surface area contributed by atoms with Crippen LogP contribution in [0.4, 0.5) is 0 Å². The quantitative estimate of drug-likeness (QED) is 0.145. The molecule has 0 radical (unpaired) electrons. The Morgan fingerprint density at radius 1 is 0.780 bits per heavy atom. The molecular formula is C42H41ClN4O3. The number of carbonyl (C=O) groups is 1. The fourth-order valence-corrected chi connectivity index (χ4v) is 7.86. The summed E-state index contributed by atoms with van der Waals surface area (Å²) in [6.07, 6.45) is 1.96. The van der Waals surface area contributed by atoms with Gasteiger partial charge in [0.25, 0.3) is 0 Å². The van der Waals surface area contributed by atoms with Gasteiger partial charge in [0.05, 0.1) is 27.3 Å². The maximum Gasteiger partial charge on any atom is 0.334 e. The highest BCUT2D eigenvalue weighted by Crippen LogP contribution is 2.39. The van der Waals surface area contributed by atoms with Crippen molar-refractivity contribution in [2.45, 2.75) is 43.3 Å². The van der Waals surface area contributed by atoms with Crippen molar-refractivity contribution in [3.05, 3.63) is 171 Å². The Morgan fingerprint density at radius 2 is 1.30 bits per heavy atom. The standard InChI is InChI=1S/C42H41ClN4O3/c1-41(39(48)49,44-42(31-13-6-3-7-14-31,32-15-8-4-9-16-32)33-17-10-5-11-18-33)29-30-21-23-34(24-22-30)47-38-36(43)19-12-20-37(38)46(40(47)50)35-25-27-45(2)28-26-35/h3-24,35,44H,25-29H2,1-2H3,(H,48,49). The van der Waals surface area contributed by atoms with Crippen LogP contribution in [0.1, 0.15) is 48.1 Å². The number of aliphatic carboxylic acids is 1. The maximum absolute atomic E-state index is 14.2. The van der Waals surface area contributed by atoms with E-state index in [0.717, 1.165) is 53.7 Å². The zero-order valence-corrected chi connectivity index (χ0v) is 29.1. The minimum atomic E-state index is -1.41. The molecule has 0 spiro atoms. The van der Waals surface area contributed by atoms with E-state index in [4.69, 9.17) is 11.6 Å². The Labute approximate surface area is 297 Å². The smallest absolute Gasteiger partial charge is 0.334 e. The zero-order chi connectivity index (χ0) is 34.9. The Balaban J connectivity index is 1.28. The summed E-state index contributed by atoms with van der Waals surface area (Å²) in [5.41, 5.74) is 3.28. The molecule has 1 atom stereocenters. The summed E-state index contributed by atoms with van der Waals surface area (Å²) >= 11 is 6.77. The van der Waals surface area contributed by atoms with Crippen LogP contribution in [-0.2, 0) is 16.8 Å². The Kier molecular flexibility index (Phi) is 9.23. The first-order valence-electron chi connectivity index (χ1n) is 17.1. The molecule has 1 aliphatic rings. The fourth-order valence-electron chi connectivity index (χ4n) is 7.61. The van der Waals surface area contributed by atoms with Gasteiger partial charge in [-0.15, -0.1) is 0 Å². The first-order chi connectivity index (χ1) is 24.2. The Morgan fingerprint density at radius 3 is 1.80 bits per heavy atom. The van der Waals surface area contributed by atoms with E-state index in [-0.39, 0.29) is 18.2 Å². The van der Waals surface area contributed by atoms with Crippen molar-refractivity contribution in [2.24, 2.45) is 0 Å². The molecule has 6 aromatic rings. The van der Waals surface area contributed by atoms with Gasteiger partial charge in [-0.25, -0.2) is 4.79 Å². The lowest BCUT2D eigenvalue weighted by Crippen LogP contribution is -2.61. The number of imidazole rings is 1. The van der Waals surface area contributed by atoms with Crippen molar-refractivity contribution in [3.8, 4) is 5.69 Å². The topological polar surface area (TPSA) is 79.5 Å². The molecule has 5 aromatic carbocycles. The average Bonchev–Trinajstić information content (AvgIpc) is 3.45. The van der Waals surface area contributed by atoms with Gasteiger partial charge in [-0.2, -0.15) is 0 Å². The number of carboxylic acids is 1. The monoisotopic (exact) mass is 684 g/mol. The molecule has 1 saturated heterocycles. The van der Waals surface area contributed by atoms with Crippen LogP contribution in [0, 0.1) is 0 Å². The number of para-hydroxylation sites is 1. The van der Waals surface area contributed by atoms with Crippen molar-refractivity contribution in [1.29, 1.82) is 0 Å².